The van der Waals surface area contributed by atoms with E-state index < -0.39 is 24.5 Å². The van der Waals surface area contributed by atoms with Crippen LogP contribution in [0.4, 0.5) is 5.69 Å². The van der Waals surface area contributed by atoms with Crippen LogP contribution >= 0.6 is 31.9 Å². The summed E-state index contributed by atoms with van der Waals surface area (Å²) in [6, 6.07) is 6.18. The van der Waals surface area contributed by atoms with Crippen LogP contribution < -0.4 is 5.32 Å². The first-order chi connectivity index (χ1) is 14.2. The van der Waals surface area contributed by atoms with Gasteiger partial charge in [0.05, 0.1) is 11.8 Å². The zero-order chi connectivity index (χ0) is 21.7. The molecule has 1 heterocycles. The number of nitrogens with one attached hydrogen (secondary N) is 1. The monoisotopic (exact) mass is 540 g/mol. The van der Waals surface area contributed by atoms with E-state index in [-0.39, 0.29) is 45.1 Å². The Morgan fingerprint density at radius 3 is 2.33 bits per heavy atom. The molecule has 0 radical (unpaired) electrons. The molecular weight excluding hydrogens is 520 g/mol. The quantitative estimate of drug-likeness (QED) is 0.351. The predicted molar refractivity (Wildman–Crippen MR) is 116 cm³/mol. The van der Waals surface area contributed by atoms with Gasteiger partial charge in [0.25, 0.3) is 5.91 Å². The SMILES string of the molecule is Cc1cccc(NC(=O)COC(=O)[C@H](C)N2C(=O)[C@@H]3[C@H]4C[C@@H]([C@H](Br)[C@H]4Br)[C@H]3C2=O)c1. The molecule has 3 fully saturated rings. The molecule has 0 aromatic heterocycles. The molecule has 1 aliphatic heterocycles. The largest absolute Gasteiger partial charge is 0.454 e. The zero-order valence-corrected chi connectivity index (χ0v) is 19.7. The number of ether oxygens (including phenoxy) is 1. The van der Waals surface area contributed by atoms with Crippen molar-refractivity contribution >= 4 is 61.2 Å². The fourth-order valence-electron chi connectivity index (χ4n) is 5.04. The van der Waals surface area contributed by atoms with Crippen LogP contribution in [0, 0.1) is 30.6 Å². The third-order valence-electron chi connectivity index (χ3n) is 6.40. The van der Waals surface area contributed by atoms with Crippen LogP contribution in [0.25, 0.3) is 0 Å². The Labute approximate surface area is 191 Å². The number of likely N-dealkylation sites (tertiary alicyclic amines) is 1. The smallest absolute Gasteiger partial charge is 0.329 e. The highest BCUT2D eigenvalue weighted by Gasteiger charge is 2.67. The summed E-state index contributed by atoms with van der Waals surface area (Å²) in [6.07, 6.45) is 0.824. The maximum atomic E-state index is 13.0. The van der Waals surface area contributed by atoms with E-state index in [9.17, 15) is 19.2 Å². The molecule has 7 nitrogen and oxygen atoms in total. The van der Waals surface area contributed by atoms with E-state index in [1.165, 1.54) is 6.92 Å². The van der Waals surface area contributed by atoms with Crippen molar-refractivity contribution in [2.24, 2.45) is 23.7 Å². The van der Waals surface area contributed by atoms with Gasteiger partial charge in [-0.3, -0.25) is 19.3 Å². The molecule has 1 N–H and O–H groups in total. The number of hydrogen-bond acceptors (Lipinski definition) is 5. The molecule has 2 bridgehead atoms. The number of halogens is 2. The number of alkyl halides is 2. The number of hydrogen-bond donors (Lipinski definition) is 1. The summed E-state index contributed by atoms with van der Waals surface area (Å²) in [6.45, 7) is 2.88. The van der Waals surface area contributed by atoms with Gasteiger partial charge >= 0.3 is 5.97 Å². The Hall–Kier alpha value is -1.74. The summed E-state index contributed by atoms with van der Waals surface area (Å²) < 4.78 is 5.10. The molecule has 2 aliphatic carbocycles. The molecule has 1 aromatic carbocycles. The van der Waals surface area contributed by atoms with Crippen LogP contribution in [0.3, 0.4) is 0 Å². The minimum atomic E-state index is -1.07. The van der Waals surface area contributed by atoms with Crippen molar-refractivity contribution in [1.82, 2.24) is 4.90 Å². The average molecular weight is 542 g/mol. The van der Waals surface area contributed by atoms with Crippen LogP contribution in [0.15, 0.2) is 24.3 Å². The van der Waals surface area contributed by atoms with Gasteiger partial charge in [-0.25, -0.2) is 4.79 Å². The lowest BCUT2D eigenvalue weighted by Crippen LogP contribution is -2.45. The van der Waals surface area contributed by atoms with Crippen LogP contribution in [-0.2, 0) is 23.9 Å². The number of fused-ring (bicyclic) bond motifs is 5. The number of carbonyl (C=O) groups excluding carboxylic acids is 4. The van der Waals surface area contributed by atoms with E-state index in [1.807, 2.05) is 19.1 Å². The van der Waals surface area contributed by atoms with Crippen molar-refractivity contribution in [3.63, 3.8) is 0 Å². The summed E-state index contributed by atoms with van der Waals surface area (Å²) in [5, 5.41) is 2.65. The Bertz CT molecular complexity index is 890. The molecule has 30 heavy (non-hydrogen) atoms. The second-order valence-electron chi connectivity index (χ2n) is 8.25. The first-order valence-corrected chi connectivity index (χ1v) is 11.7. The van der Waals surface area contributed by atoms with E-state index in [0.717, 1.165) is 16.9 Å². The van der Waals surface area contributed by atoms with Crippen molar-refractivity contribution < 1.29 is 23.9 Å². The Morgan fingerprint density at radius 2 is 1.77 bits per heavy atom. The minimum absolute atomic E-state index is 0.0779. The number of carbonyl (C=O) groups is 4. The molecule has 4 rings (SSSR count). The van der Waals surface area contributed by atoms with Gasteiger partial charge < -0.3 is 10.1 Å². The van der Waals surface area contributed by atoms with Gasteiger partial charge in [0.2, 0.25) is 11.8 Å². The number of benzene rings is 1. The van der Waals surface area contributed by atoms with Crippen molar-refractivity contribution in [2.45, 2.75) is 36.0 Å². The fraction of sp³-hybridized carbons (Fsp3) is 0.524. The van der Waals surface area contributed by atoms with Crippen molar-refractivity contribution in [1.29, 1.82) is 0 Å². The Morgan fingerprint density at radius 1 is 1.17 bits per heavy atom. The number of aryl methyl sites for hydroxylation is 1. The molecule has 0 unspecified atom stereocenters. The number of esters is 1. The fourth-order valence-corrected chi connectivity index (χ4v) is 6.91. The van der Waals surface area contributed by atoms with Gasteiger partial charge in [-0.15, -0.1) is 0 Å². The molecule has 3 amide bonds. The molecule has 2 saturated carbocycles. The first-order valence-electron chi connectivity index (χ1n) is 9.89. The summed E-state index contributed by atoms with van der Waals surface area (Å²) in [5.41, 5.74) is 1.59. The maximum absolute atomic E-state index is 13.0. The lowest BCUT2D eigenvalue weighted by Gasteiger charge is -2.28. The molecule has 1 aromatic rings. The highest BCUT2D eigenvalue weighted by atomic mass is 79.9. The number of amides is 3. The van der Waals surface area contributed by atoms with E-state index in [2.05, 4.69) is 37.2 Å². The zero-order valence-electron chi connectivity index (χ0n) is 16.5. The van der Waals surface area contributed by atoms with Gasteiger partial charge in [-0.05, 0) is 49.8 Å². The normalized spacial score (nSPS) is 32.9. The first kappa shape index (κ1) is 21.5. The van der Waals surface area contributed by atoms with Crippen LogP contribution in [0.2, 0.25) is 0 Å². The lowest BCUT2D eigenvalue weighted by atomic mass is 9.81. The van der Waals surface area contributed by atoms with E-state index in [0.29, 0.717) is 5.69 Å². The number of imide groups is 1. The van der Waals surface area contributed by atoms with Crippen LogP contribution in [-0.4, -0.2) is 50.9 Å². The third-order valence-corrected chi connectivity index (χ3v) is 9.60. The second kappa shape index (κ2) is 8.07. The highest BCUT2D eigenvalue weighted by Crippen LogP contribution is 2.60. The van der Waals surface area contributed by atoms with Crippen LogP contribution in [0.5, 0.6) is 0 Å². The van der Waals surface area contributed by atoms with Crippen molar-refractivity contribution in [3.8, 4) is 0 Å². The van der Waals surface area contributed by atoms with E-state index >= 15 is 0 Å². The van der Waals surface area contributed by atoms with Gasteiger partial charge in [-0.2, -0.15) is 0 Å². The minimum Gasteiger partial charge on any atom is -0.454 e. The molecule has 7 atom stereocenters. The van der Waals surface area contributed by atoms with Crippen molar-refractivity contribution in [2.75, 3.05) is 11.9 Å². The van der Waals surface area contributed by atoms with E-state index in [1.54, 1.807) is 12.1 Å². The molecule has 1 saturated heterocycles. The van der Waals surface area contributed by atoms with Crippen molar-refractivity contribution in [3.05, 3.63) is 29.8 Å². The number of anilines is 1. The molecule has 160 valence electrons. The Balaban J connectivity index is 1.37. The highest BCUT2D eigenvalue weighted by molar-refractivity contribution is 9.12. The molecule has 0 spiro atoms. The standard InChI is InChI=1S/C21H22Br2N2O5/c1-9-4-3-5-11(6-9)24-14(26)8-30-21(29)10(2)25-19(27)15-12-7-13(16(15)20(25)28)18(23)17(12)22/h3-6,10,12-13,15-18H,7-8H2,1-2H3,(H,24,26)/t10-,12+,13+,15+,16+,17-,18-/m0/s1. The van der Waals surface area contributed by atoms with E-state index in [4.69, 9.17) is 4.74 Å². The van der Waals surface area contributed by atoms with Gasteiger partial charge in [-0.1, -0.05) is 44.0 Å². The maximum Gasteiger partial charge on any atom is 0.329 e. The summed E-state index contributed by atoms with van der Waals surface area (Å²) >= 11 is 7.28. The lowest BCUT2D eigenvalue weighted by molar-refractivity contribution is -0.159. The number of nitrogens with zero attached hydrogens (tertiary/aromatic N) is 1. The topological polar surface area (TPSA) is 92.8 Å². The Kier molecular flexibility index (Phi) is 5.78. The molecule has 9 heteroatoms. The van der Waals surface area contributed by atoms with Crippen LogP contribution in [0.1, 0.15) is 18.9 Å². The second-order valence-corrected chi connectivity index (χ2v) is 10.4. The predicted octanol–water partition coefficient (Wildman–Crippen LogP) is 2.64. The summed E-state index contributed by atoms with van der Waals surface area (Å²) in [7, 11) is 0. The number of rotatable bonds is 5. The summed E-state index contributed by atoms with van der Waals surface area (Å²) in [4.78, 5) is 51.8. The average Bonchev–Trinajstić information content (AvgIpc) is 3.30. The summed E-state index contributed by atoms with van der Waals surface area (Å²) in [5.74, 6) is -2.50. The third kappa shape index (κ3) is 3.49. The molecule has 3 aliphatic rings. The van der Waals surface area contributed by atoms with Gasteiger partial charge in [0.15, 0.2) is 6.61 Å². The van der Waals surface area contributed by atoms with Gasteiger partial charge in [0.1, 0.15) is 6.04 Å². The van der Waals surface area contributed by atoms with Gasteiger partial charge in [0, 0.05) is 15.3 Å². The molecular formula is C21H22Br2N2O5.